The lowest BCUT2D eigenvalue weighted by atomic mass is 9.93. The third-order valence-corrected chi connectivity index (χ3v) is 1.66. The summed E-state index contributed by atoms with van der Waals surface area (Å²) >= 11 is 0. The van der Waals surface area contributed by atoms with Gasteiger partial charge in [-0.1, -0.05) is 13.0 Å². The van der Waals surface area contributed by atoms with Gasteiger partial charge in [-0.05, 0) is 19.9 Å². The molecule has 0 aliphatic carbocycles. The molecule has 3 N–H and O–H groups in total. The Balaban J connectivity index is 4.07. The molecule has 0 heterocycles. The predicted molar refractivity (Wildman–Crippen MR) is 43.8 cm³/mol. The topological polar surface area (TPSA) is 63.3 Å². The third-order valence-electron chi connectivity index (χ3n) is 1.66. The van der Waals surface area contributed by atoms with Crippen molar-refractivity contribution < 1.29 is 9.90 Å². The number of hydrogen-bond acceptors (Lipinski definition) is 2. The van der Waals surface area contributed by atoms with Gasteiger partial charge >= 0.3 is 0 Å². The molecule has 0 aromatic rings. The second-order valence-electron chi connectivity index (χ2n) is 3.20. The van der Waals surface area contributed by atoms with E-state index < -0.39 is 11.5 Å². The zero-order valence-electron chi connectivity index (χ0n) is 7.16. The van der Waals surface area contributed by atoms with Crippen molar-refractivity contribution >= 4 is 5.91 Å². The van der Waals surface area contributed by atoms with Gasteiger partial charge in [0.1, 0.15) is 0 Å². The average molecular weight is 157 g/mol. The molecule has 0 spiro atoms. The fourth-order valence-corrected chi connectivity index (χ4v) is 0.475. The first-order valence-corrected chi connectivity index (χ1v) is 3.54. The van der Waals surface area contributed by atoms with E-state index in [1.807, 2.05) is 6.92 Å². The molecule has 0 aliphatic heterocycles. The summed E-state index contributed by atoms with van der Waals surface area (Å²) in [6.07, 6.45) is 2.87. The van der Waals surface area contributed by atoms with Gasteiger partial charge in [-0.3, -0.25) is 4.79 Å². The molecule has 1 atom stereocenters. The Kier molecular flexibility index (Phi) is 3.26. The van der Waals surface area contributed by atoms with Crippen molar-refractivity contribution in [2.45, 2.75) is 26.4 Å². The van der Waals surface area contributed by atoms with E-state index >= 15 is 0 Å². The van der Waals surface area contributed by atoms with Crippen molar-refractivity contribution in [3.8, 4) is 0 Å². The number of primary amides is 1. The van der Waals surface area contributed by atoms with Crippen LogP contribution in [0.1, 0.15) is 20.8 Å². The maximum atomic E-state index is 10.3. The van der Waals surface area contributed by atoms with Crippen LogP contribution in [0.5, 0.6) is 0 Å². The highest BCUT2D eigenvalue weighted by atomic mass is 16.3. The predicted octanol–water partition coefficient (Wildman–Crippen LogP) is 0.435. The minimum Gasteiger partial charge on any atom is -0.390 e. The van der Waals surface area contributed by atoms with Crippen molar-refractivity contribution in [1.82, 2.24) is 0 Å². The summed E-state index contributed by atoms with van der Waals surface area (Å²) in [4.78, 5) is 10.3. The van der Waals surface area contributed by atoms with Gasteiger partial charge in [0.15, 0.2) is 0 Å². The highest BCUT2D eigenvalue weighted by Gasteiger charge is 2.19. The molecule has 64 valence electrons. The summed E-state index contributed by atoms with van der Waals surface area (Å²) in [6.45, 7) is 5.19. The van der Waals surface area contributed by atoms with E-state index in [2.05, 4.69) is 0 Å². The maximum Gasteiger partial charge on any atom is 0.241 e. The lowest BCUT2D eigenvalue weighted by Gasteiger charge is -2.22. The van der Waals surface area contributed by atoms with E-state index in [-0.39, 0.29) is 5.92 Å². The van der Waals surface area contributed by atoms with Crippen LogP contribution in [0.25, 0.3) is 0 Å². The van der Waals surface area contributed by atoms with Crippen molar-refractivity contribution in [2.75, 3.05) is 0 Å². The maximum absolute atomic E-state index is 10.3. The first kappa shape index (κ1) is 10.2. The largest absolute Gasteiger partial charge is 0.390 e. The Labute approximate surface area is 66.9 Å². The van der Waals surface area contributed by atoms with Gasteiger partial charge in [-0.2, -0.15) is 0 Å². The molecule has 0 radical (unpaired) electrons. The smallest absolute Gasteiger partial charge is 0.241 e. The zero-order valence-corrected chi connectivity index (χ0v) is 7.16. The van der Waals surface area contributed by atoms with Crippen LogP contribution < -0.4 is 5.73 Å². The van der Waals surface area contributed by atoms with E-state index in [4.69, 9.17) is 5.73 Å². The summed E-state index contributed by atoms with van der Waals surface area (Å²) in [5, 5.41) is 9.40. The number of nitrogens with two attached hydrogens (primary N) is 1. The van der Waals surface area contributed by atoms with Crippen molar-refractivity contribution in [3.05, 3.63) is 12.2 Å². The van der Waals surface area contributed by atoms with Gasteiger partial charge in [0.2, 0.25) is 5.91 Å². The second kappa shape index (κ2) is 3.53. The minimum absolute atomic E-state index is 0.0741. The van der Waals surface area contributed by atoms with Crippen molar-refractivity contribution in [2.24, 2.45) is 11.7 Å². The Morgan fingerprint density at radius 3 is 2.36 bits per heavy atom. The fourth-order valence-electron chi connectivity index (χ4n) is 0.475. The molecule has 0 rings (SSSR count). The lowest BCUT2D eigenvalue weighted by Crippen LogP contribution is -2.27. The van der Waals surface area contributed by atoms with Gasteiger partial charge in [-0.25, -0.2) is 0 Å². The average Bonchev–Trinajstić information content (AvgIpc) is 1.80. The number of aliphatic hydroxyl groups is 1. The fraction of sp³-hybridized carbons (Fsp3) is 0.625. The molecule has 3 nitrogen and oxygen atoms in total. The van der Waals surface area contributed by atoms with E-state index in [0.717, 1.165) is 0 Å². The lowest BCUT2D eigenvalue weighted by molar-refractivity contribution is -0.113. The summed E-state index contributed by atoms with van der Waals surface area (Å²) < 4.78 is 0. The second-order valence-corrected chi connectivity index (χ2v) is 3.20. The van der Waals surface area contributed by atoms with E-state index in [0.29, 0.717) is 0 Å². The quantitative estimate of drug-likeness (QED) is 0.584. The number of carbonyl (C=O) groups is 1. The molecule has 1 unspecified atom stereocenters. The molecule has 0 fully saturated rings. The molecule has 3 heteroatoms. The van der Waals surface area contributed by atoms with E-state index in [1.54, 1.807) is 19.9 Å². The number of amides is 1. The molecule has 0 bridgehead atoms. The Bertz CT molecular complexity index is 167. The Morgan fingerprint density at radius 2 is 2.09 bits per heavy atom. The van der Waals surface area contributed by atoms with Gasteiger partial charge in [-0.15, -0.1) is 0 Å². The minimum atomic E-state index is -0.800. The van der Waals surface area contributed by atoms with Crippen LogP contribution in [-0.4, -0.2) is 16.6 Å². The highest BCUT2D eigenvalue weighted by Crippen LogP contribution is 2.16. The number of carbonyl (C=O) groups excluding carboxylic acids is 1. The molecule has 1 amide bonds. The summed E-state index contributed by atoms with van der Waals surface area (Å²) in [5.74, 6) is -0.559. The summed E-state index contributed by atoms with van der Waals surface area (Å²) in [5.41, 5.74) is 4.08. The van der Waals surface area contributed by atoms with Crippen LogP contribution >= 0.6 is 0 Å². The number of hydrogen-bond donors (Lipinski definition) is 2. The van der Waals surface area contributed by atoms with Crippen LogP contribution in [0.3, 0.4) is 0 Å². The third kappa shape index (κ3) is 4.56. The Hall–Kier alpha value is -0.830. The highest BCUT2D eigenvalue weighted by molar-refractivity contribution is 5.85. The van der Waals surface area contributed by atoms with Crippen LogP contribution in [0, 0.1) is 5.92 Å². The molecule has 0 aromatic heterocycles. The first-order chi connectivity index (χ1) is 4.84. The molecule has 0 aromatic carbocycles. The zero-order chi connectivity index (χ0) is 9.07. The monoisotopic (exact) mass is 157 g/mol. The molecular weight excluding hydrogens is 142 g/mol. The Morgan fingerprint density at radius 1 is 1.64 bits per heavy atom. The molecule has 0 saturated carbocycles. The molecular formula is C8H15NO2. The van der Waals surface area contributed by atoms with Crippen LogP contribution in [0.2, 0.25) is 0 Å². The standard InChI is InChI=1S/C8H15NO2/c1-6(8(2,3)11)4-5-7(9)10/h4-6,11H,1-3H3,(H2,9,10)/b5-4+. The SMILES string of the molecule is CC(/C=C/C(N)=O)C(C)(C)O. The van der Waals surface area contributed by atoms with Crippen molar-refractivity contribution in [3.63, 3.8) is 0 Å². The van der Waals surface area contributed by atoms with Crippen molar-refractivity contribution in [1.29, 1.82) is 0 Å². The summed E-state index contributed by atoms with van der Waals surface area (Å²) in [7, 11) is 0. The van der Waals surface area contributed by atoms with Crippen LogP contribution in [0.15, 0.2) is 12.2 Å². The van der Waals surface area contributed by atoms with Crippen LogP contribution in [-0.2, 0) is 4.79 Å². The summed E-state index contributed by atoms with van der Waals surface area (Å²) in [6, 6.07) is 0. The van der Waals surface area contributed by atoms with Gasteiger partial charge < -0.3 is 10.8 Å². The van der Waals surface area contributed by atoms with E-state index in [9.17, 15) is 9.90 Å². The van der Waals surface area contributed by atoms with Crippen LogP contribution in [0.4, 0.5) is 0 Å². The van der Waals surface area contributed by atoms with Gasteiger partial charge in [0, 0.05) is 5.92 Å². The number of rotatable bonds is 3. The molecule has 0 saturated heterocycles. The van der Waals surface area contributed by atoms with E-state index in [1.165, 1.54) is 6.08 Å². The molecule has 11 heavy (non-hydrogen) atoms. The first-order valence-electron chi connectivity index (χ1n) is 3.54. The normalized spacial score (nSPS) is 15.3. The van der Waals surface area contributed by atoms with Gasteiger partial charge in [0.25, 0.3) is 0 Å². The van der Waals surface area contributed by atoms with Gasteiger partial charge in [0.05, 0.1) is 5.60 Å². The molecule has 0 aliphatic rings.